The van der Waals surface area contributed by atoms with Crippen LogP contribution in [0.1, 0.15) is 37.3 Å². The molecule has 1 aliphatic rings. The first kappa shape index (κ1) is 19.1. The highest BCUT2D eigenvalue weighted by atomic mass is 19.4. The molecule has 2 N–H and O–H groups in total. The fourth-order valence-corrected chi connectivity index (χ4v) is 3.42. The molecular weight excluding hydrogens is 326 g/mol. The van der Waals surface area contributed by atoms with Crippen LogP contribution >= 0.6 is 0 Å². The van der Waals surface area contributed by atoms with Crippen molar-refractivity contribution >= 4 is 0 Å². The van der Waals surface area contributed by atoms with Crippen LogP contribution in [0.3, 0.4) is 0 Å². The van der Waals surface area contributed by atoms with Crippen LogP contribution in [0.15, 0.2) is 18.2 Å². The summed E-state index contributed by atoms with van der Waals surface area (Å²) in [5, 5.41) is 20.0. The van der Waals surface area contributed by atoms with Crippen LogP contribution < -0.4 is 0 Å². The summed E-state index contributed by atoms with van der Waals surface area (Å²) in [5.41, 5.74) is -1.46. The average Bonchev–Trinajstić information content (AvgIpc) is 2.51. The summed E-state index contributed by atoms with van der Waals surface area (Å²) >= 11 is 0. The van der Waals surface area contributed by atoms with E-state index in [4.69, 9.17) is 0 Å². The van der Waals surface area contributed by atoms with E-state index < -0.39 is 29.1 Å². The number of halogens is 4. The van der Waals surface area contributed by atoms with Crippen LogP contribution in [0.25, 0.3) is 0 Å². The summed E-state index contributed by atoms with van der Waals surface area (Å²) in [5.74, 6) is -1.29. The zero-order valence-electron chi connectivity index (χ0n) is 13.6. The van der Waals surface area contributed by atoms with Crippen molar-refractivity contribution in [1.29, 1.82) is 0 Å². The number of rotatable bonds is 5. The van der Waals surface area contributed by atoms with E-state index in [-0.39, 0.29) is 19.7 Å². The molecule has 1 saturated heterocycles. The third-order valence-electron chi connectivity index (χ3n) is 4.87. The molecule has 1 aromatic carbocycles. The topological polar surface area (TPSA) is 43.7 Å². The number of nitrogens with zero attached hydrogens (tertiary/aromatic N) is 1. The number of aliphatic hydroxyl groups is 2. The monoisotopic (exact) mass is 349 g/mol. The molecule has 0 aliphatic carbocycles. The molecule has 0 aromatic heterocycles. The highest BCUT2D eigenvalue weighted by Crippen LogP contribution is 2.37. The molecule has 1 heterocycles. The lowest BCUT2D eigenvalue weighted by Crippen LogP contribution is -2.52. The maximum atomic E-state index is 13.3. The minimum absolute atomic E-state index is 0.107. The van der Waals surface area contributed by atoms with Gasteiger partial charge in [0, 0.05) is 18.5 Å². The van der Waals surface area contributed by atoms with E-state index in [1.807, 2.05) is 11.8 Å². The second-order valence-corrected chi connectivity index (χ2v) is 6.58. The number of aliphatic hydroxyl groups excluding tert-OH is 2. The van der Waals surface area contributed by atoms with E-state index in [1.165, 1.54) is 6.07 Å². The van der Waals surface area contributed by atoms with E-state index in [9.17, 15) is 27.8 Å². The van der Waals surface area contributed by atoms with E-state index >= 15 is 0 Å². The Morgan fingerprint density at radius 3 is 2.58 bits per heavy atom. The largest absolute Gasteiger partial charge is 0.419 e. The Morgan fingerprint density at radius 1 is 1.33 bits per heavy atom. The van der Waals surface area contributed by atoms with E-state index in [1.54, 1.807) is 0 Å². The van der Waals surface area contributed by atoms with Gasteiger partial charge < -0.3 is 10.2 Å². The number of hydrogen-bond donors (Lipinski definition) is 2. The number of β-amino-alcohol motifs (C(OH)–C–C–N with tert-alkyl or cyclic N) is 1. The number of piperidine rings is 1. The summed E-state index contributed by atoms with van der Waals surface area (Å²) < 4.78 is 51.7. The maximum absolute atomic E-state index is 13.3. The highest BCUT2D eigenvalue weighted by molar-refractivity contribution is 5.27. The summed E-state index contributed by atoms with van der Waals surface area (Å²) in [7, 11) is 0. The van der Waals surface area contributed by atoms with Gasteiger partial charge in [0.1, 0.15) is 5.82 Å². The van der Waals surface area contributed by atoms with Crippen molar-refractivity contribution in [3.63, 3.8) is 0 Å². The van der Waals surface area contributed by atoms with Crippen molar-refractivity contribution in [2.75, 3.05) is 19.7 Å². The Hall–Kier alpha value is -1.18. The second-order valence-electron chi connectivity index (χ2n) is 6.58. The van der Waals surface area contributed by atoms with Crippen LogP contribution in [-0.4, -0.2) is 40.9 Å². The fraction of sp³-hybridized carbons (Fsp3) is 0.647. The first-order valence-electron chi connectivity index (χ1n) is 8.09. The molecule has 1 aliphatic heterocycles. The Bertz CT molecular complexity index is 564. The van der Waals surface area contributed by atoms with Gasteiger partial charge in [-0.2, -0.15) is 13.2 Å². The first-order chi connectivity index (χ1) is 11.2. The van der Waals surface area contributed by atoms with Crippen LogP contribution in [0.5, 0.6) is 0 Å². The van der Waals surface area contributed by atoms with Gasteiger partial charge in [0.05, 0.1) is 18.3 Å². The van der Waals surface area contributed by atoms with Gasteiger partial charge >= 0.3 is 6.18 Å². The summed E-state index contributed by atoms with van der Waals surface area (Å²) in [4.78, 5) is 1.83. The minimum atomic E-state index is -4.73. The zero-order chi connectivity index (χ0) is 18.0. The third-order valence-corrected chi connectivity index (χ3v) is 4.87. The molecule has 0 radical (unpaired) electrons. The summed E-state index contributed by atoms with van der Waals surface area (Å²) in [6.45, 7) is 2.92. The highest BCUT2D eigenvalue weighted by Gasteiger charge is 2.41. The molecule has 24 heavy (non-hydrogen) atoms. The third kappa shape index (κ3) is 4.07. The Morgan fingerprint density at radius 2 is 2.04 bits per heavy atom. The van der Waals surface area contributed by atoms with Crippen LogP contribution in [0, 0.1) is 11.2 Å². The summed E-state index contributed by atoms with van der Waals surface area (Å²) in [6, 6.07) is 2.98. The van der Waals surface area contributed by atoms with Gasteiger partial charge in [-0.15, -0.1) is 0 Å². The smallest absolute Gasteiger partial charge is 0.396 e. The number of likely N-dealkylation sites (tertiary alicyclic amines) is 1. The summed E-state index contributed by atoms with van der Waals surface area (Å²) in [6.07, 6.45) is -3.35. The van der Waals surface area contributed by atoms with Gasteiger partial charge in [-0.25, -0.2) is 4.39 Å². The Labute approximate surface area is 138 Å². The normalized spacial score (nSPS) is 25.9. The second kappa shape index (κ2) is 7.37. The number of alkyl halides is 3. The number of hydrogen-bond acceptors (Lipinski definition) is 3. The minimum Gasteiger partial charge on any atom is -0.396 e. The maximum Gasteiger partial charge on any atom is 0.419 e. The van der Waals surface area contributed by atoms with Gasteiger partial charge in [0.15, 0.2) is 0 Å². The molecule has 1 aromatic rings. The molecule has 0 spiro atoms. The van der Waals surface area contributed by atoms with Gasteiger partial charge in [0.2, 0.25) is 0 Å². The quantitative estimate of drug-likeness (QED) is 0.803. The molecule has 7 heteroatoms. The molecule has 0 bridgehead atoms. The average molecular weight is 349 g/mol. The first-order valence-corrected chi connectivity index (χ1v) is 8.09. The van der Waals surface area contributed by atoms with E-state index in [2.05, 4.69) is 0 Å². The standard InChI is InChI=1S/C17H23F4NO2/c1-2-5-16(11-23)6-7-22(10-15(16)24)9-12-3-4-14(18)13(8-12)17(19,20)21/h3-4,8,15,23-24H,2,5-7,9-11H2,1H3/t15-,16+/m0/s1. The van der Waals surface area contributed by atoms with Crippen molar-refractivity contribution in [2.24, 2.45) is 5.41 Å². The number of benzene rings is 1. The van der Waals surface area contributed by atoms with Crippen LogP contribution in [0.2, 0.25) is 0 Å². The van der Waals surface area contributed by atoms with Crippen molar-refractivity contribution < 1.29 is 27.8 Å². The molecule has 0 unspecified atom stereocenters. The van der Waals surface area contributed by atoms with E-state index in [0.29, 0.717) is 24.9 Å². The molecule has 136 valence electrons. The van der Waals surface area contributed by atoms with Crippen LogP contribution in [-0.2, 0) is 12.7 Å². The lowest BCUT2D eigenvalue weighted by atomic mass is 9.73. The lowest BCUT2D eigenvalue weighted by Gasteiger charge is -2.44. The molecule has 3 nitrogen and oxygen atoms in total. The fourth-order valence-electron chi connectivity index (χ4n) is 3.42. The van der Waals surface area contributed by atoms with Gasteiger partial charge in [0.25, 0.3) is 0 Å². The SMILES string of the molecule is CCC[C@]1(CO)CCN(Cc2ccc(F)c(C(F)(F)F)c2)C[C@@H]1O. The van der Waals surface area contributed by atoms with Crippen molar-refractivity contribution in [3.8, 4) is 0 Å². The molecule has 0 saturated carbocycles. The molecular formula is C17H23F4NO2. The molecule has 2 atom stereocenters. The van der Waals surface area contributed by atoms with E-state index in [0.717, 1.165) is 18.6 Å². The predicted molar refractivity (Wildman–Crippen MR) is 81.7 cm³/mol. The Balaban J connectivity index is 2.09. The van der Waals surface area contributed by atoms with Crippen LogP contribution in [0.4, 0.5) is 17.6 Å². The molecule has 2 rings (SSSR count). The lowest BCUT2D eigenvalue weighted by molar-refractivity contribution is -0.140. The molecule has 0 amide bonds. The van der Waals surface area contributed by atoms with Gasteiger partial charge in [-0.05, 0) is 37.1 Å². The van der Waals surface area contributed by atoms with Crippen molar-refractivity contribution in [3.05, 3.63) is 35.1 Å². The molecule has 1 fully saturated rings. The van der Waals surface area contributed by atoms with Crippen molar-refractivity contribution in [1.82, 2.24) is 4.90 Å². The van der Waals surface area contributed by atoms with Gasteiger partial charge in [-0.1, -0.05) is 19.4 Å². The predicted octanol–water partition coefficient (Wildman–Crippen LogP) is 3.19. The Kier molecular flexibility index (Phi) is 5.88. The van der Waals surface area contributed by atoms with Crippen molar-refractivity contribution in [2.45, 2.75) is 45.0 Å². The zero-order valence-corrected chi connectivity index (χ0v) is 13.6. The van der Waals surface area contributed by atoms with Gasteiger partial charge in [-0.3, -0.25) is 4.90 Å².